The fourth-order valence-corrected chi connectivity index (χ4v) is 8.46. The minimum absolute atomic E-state index is 0.0308. The van der Waals surface area contributed by atoms with Crippen molar-refractivity contribution in [1.82, 2.24) is 39.5 Å². The monoisotopic (exact) mass is 718 g/mol. The van der Waals surface area contributed by atoms with Crippen molar-refractivity contribution in [3.63, 3.8) is 0 Å². The van der Waals surface area contributed by atoms with Gasteiger partial charge in [-0.25, -0.2) is 9.97 Å². The van der Waals surface area contributed by atoms with Gasteiger partial charge in [-0.3, -0.25) is 29.4 Å². The molecule has 14 heteroatoms. The summed E-state index contributed by atoms with van der Waals surface area (Å²) in [6.45, 7) is 2.97. The molecule has 4 aromatic rings. The number of rotatable bonds is 9. The summed E-state index contributed by atoms with van der Waals surface area (Å²) < 4.78 is 2.11. The van der Waals surface area contributed by atoms with Gasteiger partial charge >= 0.3 is 0 Å². The number of benzene rings is 1. The summed E-state index contributed by atoms with van der Waals surface area (Å²) in [6, 6.07) is 12.0. The molecular formula is C39H46N10O4. The van der Waals surface area contributed by atoms with Crippen molar-refractivity contribution in [2.45, 2.75) is 82.6 Å². The molecule has 0 bridgehead atoms. The Hall–Kier alpha value is -5.37. The molecule has 2 saturated heterocycles. The Morgan fingerprint density at radius 2 is 1.74 bits per heavy atom. The second-order valence-corrected chi connectivity index (χ2v) is 15.1. The number of piperidine rings is 2. The van der Waals surface area contributed by atoms with Gasteiger partial charge in [0.15, 0.2) is 0 Å². The first-order valence-electron chi connectivity index (χ1n) is 18.7. The van der Waals surface area contributed by atoms with Crippen LogP contribution in [0.25, 0.3) is 11.0 Å². The summed E-state index contributed by atoms with van der Waals surface area (Å²) in [7, 11) is 5.71. The topological polar surface area (TPSA) is 149 Å². The third-order valence-electron chi connectivity index (χ3n) is 11.4. The predicted octanol–water partition coefficient (Wildman–Crippen LogP) is 4.25. The van der Waals surface area contributed by atoms with Gasteiger partial charge in [-0.1, -0.05) is 25.0 Å². The van der Waals surface area contributed by atoms with Gasteiger partial charge in [0.05, 0.1) is 11.9 Å². The van der Waals surface area contributed by atoms with E-state index < -0.39 is 6.04 Å². The van der Waals surface area contributed by atoms with Crippen molar-refractivity contribution in [1.29, 1.82) is 0 Å². The molecule has 2 N–H and O–H groups in total. The van der Waals surface area contributed by atoms with Gasteiger partial charge in [-0.05, 0) is 74.5 Å². The molecule has 276 valence electrons. The molecule has 14 nitrogen and oxygen atoms in total. The zero-order valence-electron chi connectivity index (χ0n) is 30.5. The Morgan fingerprint density at radius 3 is 2.45 bits per heavy atom. The Kier molecular flexibility index (Phi) is 9.31. The lowest BCUT2D eigenvalue weighted by molar-refractivity contribution is -0.136. The lowest BCUT2D eigenvalue weighted by Gasteiger charge is -2.37. The van der Waals surface area contributed by atoms with Crippen LogP contribution >= 0.6 is 0 Å². The lowest BCUT2D eigenvalue weighted by Crippen LogP contribution is -2.52. The van der Waals surface area contributed by atoms with E-state index in [-0.39, 0.29) is 36.1 Å². The van der Waals surface area contributed by atoms with Crippen LogP contribution in [0.15, 0.2) is 48.8 Å². The average molecular weight is 719 g/mol. The fraction of sp³-hybridized carbons (Fsp3) is 0.462. The zero-order valence-corrected chi connectivity index (χ0v) is 30.5. The zero-order chi connectivity index (χ0) is 36.8. The van der Waals surface area contributed by atoms with Crippen molar-refractivity contribution < 1.29 is 19.2 Å². The lowest BCUT2D eigenvalue weighted by atomic mass is 10.0. The number of carbonyl (C=O) groups excluding carboxylic acids is 4. The molecule has 8 rings (SSSR count). The van der Waals surface area contributed by atoms with Crippen molar-refractivity contribution >= 4 is 52.1 Å². The van der Waals surface area contributed by atoms with E-state index in [0.29, 0.717) is 42.0 Å². The minimum atomic E-state index is -0.605. The van der Waals surface area contributed by atoms with Gasteiger partial charge in [-0.2, -0.15) is 4.98 Å². The molecule has 0 spiro atoms. The summed E-state index contributed by atoms with van der Waals surface area (Å²) in [5.74, 6) is 0.257. The molecule has 3 aliphatic heterocycles. The summed E-state index contributed by atoms with van der Waals surface area (Å²) in [6.07, 6.45) is 10.7. The number of nitrogens with zero attached hydrogens (tertiary/aromatic N) is 8. The second kappa shape index (κ2) is 14.2. The molecule has 1 atom stereocenters. The number of hydrogen-bond donors (Lipinski definition) is 2. The van der Waals surface area contributed by atoms with Crippen molar-refractivity contribution in [2.75, 3.05) is 44.4 Å². The standard InChI is InChI=1S/C39H46N10O4/c1-45(2)38(53)32-19-25-20-41-39(44-35(25)49(32)28-6-4-5-7-28)42-33-12-9-29(21-40-33)47-16-14-27(15-17-47)46(3)22-24-8-10-30-26(18-24)23-48(37(30)52)31-11-13-34(50)43-36(31)51/h8-10,12,18-21,27-28,31H,4-7,11,13-17,22-23H2,1-3H3,(H,43,50,51)(H,40,41,42,44). The van der Waals surface area contributed by atoms with Gasteiger partial charge in [0.2, 0.25) is 17.8 Å². The largest absolute Gasteiger partial charge is 0.370 e. The Morgan fingerprint density at radius 1 is 0.943 bits per heavy atom. The van der Waals surface area contributed by atoms with E-state index in [1.807, 2.05) is 30.5 Å². The van der Waals surface area contributed by atoms with E-state index in [1.54, 1.807) is 30.1 Å². The third-order valence-corrected chi connectivity index (χ3v) is 11.4. The molecule has 53 heavy (non-hydrogen) atoms. The maximum absolute atomic E-state index is 13.1. The molecule has 3 fully saturated rings. The highest BCUT2D eigenvalue weighted by molar-refractivity contribution is 6.05. The molecule has 1 aromatic carbocycles. The van der Waals surface area contributed by atoms with Gasteiger partial charge in [0.1, 0.15) is 23.2 Å². The van der Waals surface area contributed by atoms with Gasteiger partial charge in [0, 0.05) is 75.9 Å². The average Bonchev–Trinajstić information content (AvgIpc) is 3.89. The van der Waals surface area contributed by atoms with Gasteiger partial charge in [-0.15, -0.1) is 0 Å². The number of hydrogen-bond acceptors (Lipinski definition) is 10. The van der Waals surface area contributed by atoms with Crippen molar-refractivity contribution in [3.05, 3.63) is 71.2 Å². The molecular weight excluding hydrogens is 672 g/mol. The summed E-state index contributed by atoms with van der Waals surface area (Å²) >= 11 is 0. The Bertz CT molecular complexity index is 2060. The second-order valence-electron chi connectivity index (χ2n) is 15.1. The molecule has 4 aliphatic rings. The Balaban J connectivity index is 0.867. The fourth-order valence-electron chi connectivity index (χ4n) is 8.46. The van der Waals surface area contributed by atoms with Crippen LogP contribution in [-0.2, 0) is 22.7 Å². The summed E-state index contributed by atoms with van der Waals surface area (Å²) in [5, 5.41) is 6.50. The molecule has 3 aromatic heterocycles. The third kappa shape index (κ3) is 6.83. The highest BCUT2D eigenvalue weighted by Gasteiger charge is 2.39. The van der Waals surface area contributed by atoms with E-state index in [9.17, 15) is 19.2 Å². The number of anilines is 3. The first-order chi connectivity index (χ1) is 25.6. The molecule has 0 radical (unpaired) electrons. The van der Waals surface area contributed by atoms with Crippen LogP contribution in [0.2, 0.25) is 0 Å². The van der Waals surface area contributed by atoms with Crippen LogP contribution in [0, 0.1) is 0 Å². The quantitative estimate of drug-likeness (QED) is 0.241. The highest BCUT2D eigenvalue weighted by atomic mass is 16.2. The summed E-state index contributed by atoms with van der Waals surface area (Å²) in [4.78, 5) is 72.3. The first-order valence-corrected chi connectivity index (χ1v) is 18.7. The number of fused-ring (bicyclic) bond motifs is 2. The number of carbonyl (C=O) groups is 4. The van der Waals surface area contributed by atoms with Crippen LogP contribution in [0.5, 0.6) is 0 Å². The molecule has 1 unspecified atom stereocenters. The molecule has 1 saturated carbocycles. The number of imide groups is 1. The normalized spacial score (nSPS) is 19.7. The molecule has 1 aliphatic carbocycles. The van der Waals surface area contributed by atoms with Crippen LogP contribution in [-0.4, -0.2) is 104 Å². The van der Waals surface area contributed by atoms with Gasteiger partial charge in [0.25, 0.3) is 11.8 Å². The minimum Gasteiger partial charge on any atom is -0.370 e. The van der Waals surface area contributed by atoms with Crippen molar-refractivity contribution in [2.24, 2.45) is 0 Å². The van der Waals surface area contributed by atoms with E-state index in [2.05, 4.69) is 49.2 Å². The SMILES string of the molecule is CN(C)C(=O)c1cc2cnc(Nc3ccc(N4CCC(N(C)Cc5ccc6c(c5)CN(C5CCC(=O)NC5=O)C6=O)CC4)cn3)nc2n1C1CCCC1. The molecule has 6 heterocycles. The van der Waals surface area contributed by atoms with Gasteiger partial charge < -0.3 is 24.6 Å². The smallest absolute Gasteiger partial charge is 0.270 e. The van der Waals surface area contributed by atoms with Crippen LogP contribution < -0.4 is 15.5 Å². The van der Waals surface area contributed by atoms with E-state index in [4.69, 9.17) is 9.97 Å². The van der Waals surface area contributed by atoms with E-state index in [0.717, 1.165) is 86.0 Å². The maximum Gasteiger partial charge on any atom is 0.270 e. The van der Waals surface area contributed by atoms with E-state index in [1.165, 1.54) is 0 Å². The highest BCUT2D eigenvalue weighted by Crippen LogP contribution is 2.35. The Labute approximate surface area is 308 Å². The first kappa shape index (κ1) is 34.7. The predicted molar refractivity (Wildman–Crippen MR) is 200 cm³/mol. The number of aromatic nitrogens is 4. The van der Waals surface area contributed by atoms with Crippen LogP contribution in [0.1, 0.15) is 89.4 Å². The summed E-state index contributed by atoms with van der Waals surface area (Å²) in [5.41, 5.74) is 5.20. The maximum atomic E-state index is 13.1. The number of pyridine rings is 1. The van der Waals surface area contributed by atoms with Crippen molar-refractivity contribution in [3.8, 4) is 0 Å². The number of amides is 4. The molecule has 4 amide bonds. The number of nitrogens with one attached hydrogen (secondary N) is 2. The van der Waals surface area contributed by atoms with E-state index >= 15 is 0 Å². The van der Waals surface area contributed by atoms with Crippen LogP contribution in [0.3, 0.4) is 0 Å². The van der Waals surface area contributed by atoms with Crippen LogP contribution in [0.4, 0.5) is 17.5 Å².